The zero-order valence-corrected chi connectivity index (χ0v) is 20.2. The Morgan fingerprint density at radius 1 is 1.04 bits per heavy atom. The highest BCUT2D eigenvalue weighted by molar-refractivity contribution is 9.09. The summed E-state index contributed by atoms with van der Waals surface area (Å²) >= 11 is 3.65. The lowest BCUT2D eigenvalue weighted by molar-refractivity contribution is -0.0461. The largest absolute Gasteiger partial charge is 0.0928 e. The first-order valence-electron chi connectivity index (χ1n) is 11.5. The second-order valence-corrected chi connectivity index (χ2v) is 12.7. The zero-order chi connectivity index (χ0) is 19.8. The molecule has 0 saturated heterocycles. The highest BCUT2D eigenvalue weighted by Crippen LogP contribution is 3.08. The Labute approximate surface area is 176 Å². The Hall–Kier alpha value is -0.0400. The molecule has 1 heteroatoms. The van der Waals surface area contributed by atoms with Crippen LogP contribution in [0, 0.1) is 38.4 Å². The van der Waals surface area contributed by atoms with Crippen molar-refractivity contribution in [1.29, 1.82) is 0 Å². The number of rotatable bonds is 8. The summed E-state index contributed by atoms with van der Waals surface area (Å²) in [6, 6.07) is 0. The van der Waals surface area contributed by atoms with Crippen molar-refractivity contribution in [2.45, 2.75) is 92.9 Å². The van der Waals surface area contributed by atoms with Crippen molar-refractivity contribution < 1.29 is 0 Å². The van der Waals surface area contributed by atoms with E-state index in [1.807, 2.05) is 0 Å². The van der Waals surface area contributed by atoms with Crippen LogP contribution in [-0.2, 0) is 0 Å². The monoisotopic (exact) mass is 432 g/mol. The van der Waals surface area contributed by atoms with Crippen molar-refractivity contribution in [2.24, 2.45) is 38.4 Å². The number of fused-ring (bicyclic) bond motifs is 1. The SMILES string of the molecule is CCC1(C2(C)C=CCCC=C2)CC2C3(CC(C)(C)C(C)(C)CCCBr)CC231. The van der Waals surface area contributed by atoms with Crippen LogP contribution >= 0.6 is 15.9 Å². The predicted molar refractivity (Wildman–Crippen MR) is 121 cm³/mol. The minimum atomic E-state index is 0.280. The average Bonchev–Trinajstić information content (AvgIpc) is 3.41. The third-order valence-corrected chi connectivity index (χ3v) is 11.1. The summed E-state index contributed by atoms with van der Waals surface area (Å²) in [5.74, 6) is 1.04. The van der Waals surface area contributed by atoms with Gasteiger partial charge in [0.05, 0.1) is 0 Å². The highest BCUT2D eigenvalue weighted by Gasteiger charge is 3.02. The van der Waals surface area contributed by atoms with Gasteiger partial charge in [-0.3, -0.25) is 0 Å². The molecule has 0 aromatic heterocycles. The molecule has 4 atom stereocenters. The molecule has 3 fully saturated rings. The molecule has 0 aliphatic heterocycles. The van der Waals surface area contributed by atoms with Crippen LogP contribution in [0.25, 0.3) is 0 Å². The molecule has 4 aliphatic rings. The van der Waals surface area contributed by atoms with E-state index in [0.717, 1.165) is 11.2 Å². The quantitative estimate of drug-likeness (QED) is 0.267. The van der Waals surface area contributed by atoms with Gasteiger partial charge in [0.25, 0.3) is 0 Å². The Morgan fingerprint density at radius 2 is 1.67 bits per heavy atom. The minimum Gasteiger partial charge on any atom is -0.0928 e. The van der Waals surface area contributed by atoms with E-state index in [4.69, 9.17) is 0 Å². The van der Waals surface area contributed by atoms with Gasteiger partial charge in [0.2, 0.25) is 0 Å². The van der Waals surface area contributed by atoms with E-state index in [9.17, 15) is 0 Å². The molecule has 4 aliphatic carbocycles. The summed E-state index contributed by atoms with van der Waals surface area (Å²) in [7, 11) is 0. The molecule has 0 bridgehead atoms. The van der Waals surface area contributed by atoms with Crippen LogP contribution in [0.3, 0.4) is 0 Å². The van der Waals surface area contributed by atoms with E-state index < -0.39 is 0 Å². The Morgan fingerprint density at radius 3 is 2.19 bits per heavy atom. The van der Waals surface area contributed by atoms with Gasteiger partial charge >= 0.3 is 0 Å². The van der Waals surface area contributed by atoms with Gasteiger partial charge in [-0.15, -0.1) is 0 Å². The fourth-order valence-corrected chi connectivity index (χ4v) is 8.34. The van der Waals surface area contributed by atoms with Gasteiger partial charge in [-0.1, -0.05) is 81.8 Å². The molecule has 4 unspecified atom stereocenters. The second kappa shape index (κ2) is 5.99. The van der Waals surface area contributed by atoms with E-state index in [1.165, 1.54) is 51.4 Å². The zero-order valence-electron chi connectivity index (χ0n) is 18.6. The standard InChI is InChI=1S/C26H41Br/c1-7-25(23(6)14-10-8-9-11-15-23)17-20-24(19-26(20,24)25)18-22(4,5)21(2,3)13-12-16-27/h10-11,14-15,20H,7-9,12-13,16-19H2,1-6H3. The maximum atomic E-state index is 3.65. The van der Waals surface area contributed by atoms with Crippen molar-refractivity contribution >= 4 is 15.9 Å². The molecule has 0 heterocycles. The van der Waals surface area contributed by atoms with Gasteiger partial charge in [-0.05, 0) is 84.4 Å². The van der Waals surface area contributed by atoms with Crippen LogP contribution < -0.4 is 0 Å². The molecule has 152 valence electrons. The number of hydrogen-bond donors (Lipinski definition) is 0. The van der Waals surface area contributed by atoms with Crippen molar-refractivity contribution in [3.8, 4) is 0 Å². The first-order chi connectivity index (χ1) is 12.6. The van der Waals surface area contributed by atoms with Gasteiger partial charge in [-0.25, -0.2) is 0 Å². The van der Waals surface area contributed by atoms with Crippen LogP contribution in [0.5, 0.6) is 0 Å². The summed E-state index contributed by atoms with van der Waals surface area (Å²) in [5.41, 5.74) is 3.02. The van der Waals surface area contributed by atoms with Crippen molar-refractivity contribution in [1.82, 2.24) is 0 Å². The first-order valence-corrected chi connectivity index (χ1v) is 12.6. The van der Waals surface area contributed by atoms with E-state index in [-0.39, 0.29) is 5.41 Å². The van der Waals surface area contributed by atoms with E-state index in [2.05, 4.69) is 81.8 Å². The van der Waals surface area contributed by atoms with Crippen LogP contribution in [-0.4, -0.2) is 5.33 Å². The molecule has 1 spiro atoms. The topological polar surface area (TPSA) is 0 Å². The smallest absolute Gasteiger partial charge is 0.00947 e. The first kappa shape index (κ1) is 20.2. The summed E-state index contributed by atoms with van der Waals surface area (Å²) in [6.45, 7) is 15.2. The molecule has 0 radical (unpaired) electrons. The maximum Gasteiger partial charge on any atom is 0.00947 e. The molecule has 27 heavy (non-hydrogen) atoms. The summed E-state index contributed by atoms with van der Waals surface area (Å²) in [4.78, 5) is 0. The van der Waals surface area contributed by atoms with Crippen molar-refractivity contribution in [3.63, 3.8) is 0 Å². The normalized spacial score (nSPS) is 41.4. The van der Waals surface area contributed by atoms with E-state index in [1.54, 1.807) is 0 Å². The average molecular weight is 434 g/mol. The number of hydrogen-bond acceptors (Lipinski definition) is 0. The van der Waals surface area contributed by atoms with Gasteiger partial charge in [0.1, 0.15) is 0 Å². The number of halogens is 1. The second-order valence-electron chi connectivity index (χ2n) is 11.9. The van der Waals surface area contributed by atoms with Gasteiger partial charge in [0.15, 0.2) is 0 Å². The van der Waals surface area contributed by atoms with E-state index in [0.29, 0.717) is 27.1 Å². The molecule has 0 aromatic rings. The molecule has 0 N–H and O–H groups in total. The predicted octanol–water partition coefficient (Wildman–Crippen LogP) is 8.32. The minimum absolute atomic E-state index is 0.280. The molecule has 0 nitrogen and oxygen atoms in total. The summed E-state index contributed by atoms with van der Waals surface area (Å²) in [6.07, 6.45) is 21.0. The van der Waals surface area contributed by atoms with Crippen LogP contribution in [0.4, 0.5) is 0 Å². The fourth-order valence-electron chi connectivity index (χ4n) is 8.06. The third kappa shape index (κ3) is 2.33. The summed E-state index contributed by atoms with van der Waals surface area (Å²) < 4.78 is 0. The lowest BCUT2D eigenvalue weighted by Crippen LogP contribution is -2.50. The van der Waals surface area contributed by atoms with E-state index >= 15 is 0 Å². The van der Waals surface area contributed by atoms with Crippen molar-refractivity contribution in [2.75, 3.05) is 5.33 Å². The Bertz CT molecular complexity index is 654. The Balaban J connectivity index is 1.57. The third-order valence-electron chi connectivity index (χ3n) is 10.5. The maximum absolute atomic E-state index is 3.65. The van der Waals surface area contributed by atoms with Gasteiger partial charge in [-0.2, -0.15) is 0 Å². The molecule has 0 aromatic carbocycles. The Kier molecular flexibility index (Phi) is 4.49. The molecular formula is C26H41Br. The molecule has 0 amide bonds. The van der Waals surface area contributed by atoms with Crippen LogP contribution in [0.2, 0.25) is 0 Å². The summed E-state index contributed by atoms with van der Waals surface area (Å²) in [5, 5.41) is 1.14. The van der Waals surface area contributed by atoms with Crippen LogP contribution in [0.15, 0.2) is 24.3 Å². The van der Waals surface area contributed by atoms with Crippen LogP contribution in [0.1, 0.15) is 92.9 Å². The van der Waals surface area contributed by atoms with Crippen molar-refractivity contribution in [3.05, 3.63) is 24.3 Å². The fraction of sp³-hybridized carbons (Fsp3) is 0.846. The highest BCUT2D eigenvalue weighted by atomic mass is 79.9. The van der Waals surface area contributed by atoms with Gasteiger partial charge < -0.3 is 0 Å². The molecule has 4 rings (SSSR count). The number of alkyl halides is 1. The van der Waals surface area contributed by atoms with Gasteiger partial charge in [0, 0.05) is 10.7 Å². The lowest BCUT2D eigenvalue weighted by Gasteiger charge is -2.56. The lowest BCUT2D eigenvalue weighted by atomic mass is 9.47. The molecule has 3 saturated carbocycles. The number of allylic oxidation sites excluding steroid dienone is 4. The molecular weight excluding hydrogens is 392 g/mol.